The van der Waals surface area contributed by atoms with Gasteiger partial charge < -0.3 is 10.5 Å². The fraction of sp³-hybridized carbons (Fsp3) is 1.00. The van der Waals surface area contributed by atoms with Crippen molar-refractivity contribution in [3.63, 3.8) is 0 Å². The molecule has 3 nitrogen and oxygen atoms in total. The molecule has 86 valence electrons. The molecule has 1 atom stereocenters. The van der Waals surface area contributed by atoms with Crippen LogP contribution in [-0.4, -0.2) is 56.3 Å². The van der Waals surface area contributed by atoms with Crippen molar-refractivity contribution in [2.75, 3.05) is 45.9 Å². The highest BCUT2D eigenvalue weighted by Crippen LogP contribution is 2.17. The summed E-state index contributed by atoms with van der Waals surface area (Å²) in [5.74, 6) is 1.14. The molecule has 2 N–H and O–H groups in total. The molecule has 0 amide bonds. The van der Waals surface area contributed by atoms with Gasteiger partial charge in [-0.05, 0) is 19.7 Å². The summed E-state index contributed by atoms with van der Waals surface area (Å²) in [6, 6.07) is 0. The number of nitrogens with two attached hydrogens (primary N) is 1. The van der Waals surface area contributed by atoms with E-state index in [1.165, 1.54) is 0 Å². The van der Waals surface area contributed by atoms with Gasteiger partial charge in [-0.1, -0.05) is 6.92 Å². The number of nitrogens with zero attached hydrogens (tertiary/aromatic N) is 1. The van der Waals surface area contributed by atoms with Gasteiger partial charge in [0.1, 0.15) is 0 Å². The summed E-state index contributed by atoms with van der Waals surface area (Å²) >= 11 is 1.86. The second-order valence-corrected chi connectivity index (χ2v) is 4.61. The molecule has 14 heavy (non-hydrogen) atoms. The van der Waals surface area contributed by atoms with Gasteiger partial charge in [0.25, 0.3) is 0 Å². The minimum absolute atomic E-state index is 0.0183. The molecule has 4 heteroatoms. The van der Waals surface area contributed by atoms with Crippen LogP contribution >= 0.6 is 11.8 Å². The third-order valence-corrected chi connectivity index (χ3v) is 3.48. The maximum Gasteiger partial charge on any atom is 0.0658 e. The molecule has 0 saturated heterocycles. The third kappa shape index (κ3) is 3.77. The van der Waals surface area contributed by atoms with Crippen LogP contribution in [-0.2, 0) is 4.74 Å². The first kappa shape index (κ1) is 14.2. The highest BCUT2D eigenvalue weighted by Gasteiger charge is 2.30. The van der Waals surface area contributed by atoms with Gasteiger partial charge in [0.05, 0.1) is 12.1 Å². The minimum Gasteiger partial charge on any atom is -0.383 e. The lowest BCUT2D eigenvalue weighted by Gasteiger charge is -2.40. The van der Waals surface area contributed by atoms with E-state index in [2.05, 4.69) is 25.1 Å². The number of rotatable bonds is 8. The van der Waals surface area contributed by atoms with E-state index in [1.54, 1.807) is 7.11 Å². The van der Waals surface area contributed by atoms with Crippen LogP contribution in [0.3, 0.4) is 0 Å². The van der Waals surface area contributed by atoms with Gasteiger partial charge >= 0.3 is 0 Å². The van der Waals surface area contributed by atoms with E-state index in [4.69, 9.17) is 10.5 Å². The summed E-state index contributed by atoms with van der Waals surface area (Å²) in [7, 11) is 3.87. The Labute approximate surface area is 92.4 Å². The molecule has 0 aliphatic rings. The van der Waals surface area contributed by atoms with Crippen molar-refractivity contribution in [2.45, 2.75) is 18.9 Å². The normalized spacial score (nSPS) is 15.9. The molecule has 0 aromatic heterocycles. The Bertz CT molecular complexity index is 140. The van der Waals surface area contributed by atoms with E-state index >= 15 is 0 Å². The van der Waals surface area contributed by atoms with Crippen molar-refractivity contribution in [3.8, 4) is 0 Å². The Hall–Kier alpha value is 0.230. The molecule has 0 fully saturated rings. The highest BCUT2D eigenvalue weighted by molar-refractivity contribution is 7.98. The first-order chi connectivity index (χ1) is 6.66. The van der Waals surface area contributed by atoms with Crippen LogP contribution < -0.4 is 5.73 Å². The van der Waals surface area contributed by atoms with Gasteiger partial charge in [-0.3, -0.25) is 4.90 Å². The zero-order chi connectivity index (χ0) is 11.0. The lowest BCUT2D eigenvalue weighted by Crippen LogP contribution is -2.55. The van der Waals surface area contributed by atoms with Gasteiger partial charge in [0, 0.05) is 26.0 Å². The van der Waals surface area contributed by atoms with E-state index in [-0.39, 0.29) is 5.54 Å². The fourth-order valence-corrected chi connectivity index (χ4v) is 2.03. The van der Waals surface area contributed by atoms with Crippen molar-refractivity contribution in [1.82, 2.24) is 4.90 Å². The maximum absolute atomic E-state index is 5.85. The molecule has 1 unspecified atom stereocenters. The molecule has 0 bridgehead atoms. The Balaban J connectivity index is 4.28. The lowest BCUT2D eigenvalue weighted by atomic mass is 9.95. The second-order valence-electron chi connectivity index (χ2n) is 3.63. The van der Waals surface area contributed by atoms with Crippen molar-refractivity contribution in [2.24, 2.45) is 5.73 Å². The molecule has 0 aliphatic heterocycles. The molecule has 0 spiro atoms. The first-order valence-electron chi connectivity index (χ1n) is 5.06. The molecule has 0 saturated carbocycles. The highest BCUT2D eigenvalue weighted by atomic mass is 32.2. The number of hydrogen-bond donors (Lipinski definition) is 1. The largest absolute Gasteiger partial charge is 0.383 e. The smallest absolute Gasteiger partial charge is 0.0658 e. The molecule has 0 aliphatic carbocycles. The lowest BCUT2D eigenvalue weighted by molar-refractivity contribution is 0.0318. The zero-order valence-electron chi connectivity index (χ0n) is 9.88. The van der Waals surface area contributed by atoms with Crippen LogP contribution in [0.2, 0.25) is 0 Å². The molecule has 0 aromatic rings. The topological polar surface area (TPSA) is 38.5 Å². The first-order valence-corrected chi connectivity index (χ1v) is 6.45. The monoisotopic (exact) mass is 220 g/mol. The van der Waals surface area contributed by atoms with Crippen LogP contribution in [0.1, 0.15) is 13.3 Å². The van der Waals surface area contributed by atoms with E-state index < -0.39 is 0 Å². The Morgan fingerprint density at radius 1 is 1.50 bits per heavy atom. The van der Waals surface area contributed by atoms with Gasteiger partial charge in [-0.2, -0.15) is 11.8 Å². The molecule has 0 aromatic carbocycles. The number of likely N-dealkylation sites (N-methyl/N-ethyl adjacent to an activating group) is 1. The zero-order valence-corrected chi connectivity index (χ0v) is 10.7. The molecule has 0 rings (SSSR count). The van der Waals surface area contributed by atoms with E-state index in [0.717, 1.165) is 18.7 Å². The molecular formula is C10H24N2OS. The minimum atomic E-state index is 0.0183. The molecule has 0 radical (unpaired) electrons. The maximum atomic E-state index is 5.85. The summed E-state index contributed by atoms with van der Waals surface area (Å²) in [5, 5.41) is 0. The predicted octanol–water partition coefficient (Wildman–Crippen LogP) is 1.04. The summed E-state index contributed by atoms with van der Waals surface area (Å²) < 4.78 is 5.26. The SMILES string of the molecule is CCC(CN)(COC)N(C)CCSC. The van der Waals surface area contributed by atoms with E-state index in [1.807, 2.05) is 11.8 Å². The number of ether oxygens (including phenoxy) is 1. The third-order valence-electron chi connectivity index (χ3n) is 2.89. The van der Waals surface area contributed by atoms with E-state index in [0.29, 0.717) is 13.2 Å². The van der Waals surface area contributed by atoms with Crippen molar-refractivity contribution >= 4 is 11.8 Å². The summed E-state index contributed by atoms with van der Waals surface area (Å²) in [5.41, 5.74) is 5.87. The Morgan fingerprint density at radius 3 is 2.50 bits per heavy atom. The number of thioether (sulfide) groups is 1. The van der Waals surface area contributed by atoms with Crippen molar-refractivity contribution in [1.29, 1.82) is 0 Å². The van der Waals surface area contributed by atoms with Gasteiger partial charge in [0.15, 0.2) is 0 Å². The van der Waals surface area contributed by atoms with E-state index in [9.17, 15) is 0 Å². The molecule has 0 heterocycles. The summed E-state index contributed by atoms with van der Waals surface area (Å²) in [6.45, 7) is 4.60. The summed E-state index contributed by atoms with van der Waals surface area (Å²) in [4.78, 5) is 2.33. The van der Waals surface area contributed by atoms with Crippen LogP contribution in [0.25, 0.3) is 0 Å². The number of hydrogen-bond acceptors (Lipinski definition) is 4. The average molecular weight is 220 g/mol. The predicted molar refractivity (Wildman–Crippen MR) is 65.0 cm³/mol. The van der Waals surface area contributed by atoms with Gasteiger partial charge in [0.2, 0.25) is 0 Å². The van der Waals surface area contributed by atoms with Crippen molar-refractivity contribution < 1.29 is 4.74 Å². The Kier molecular flexibility index (Phi) is 7.64. The second kappa shape index (κ2) is 7.51. The summed E-state index contributed by atoms with van der Waals surface area (Å²) in [6.07, 6.45) is 3.16. The number of methoxy groups -OCH3 is 1. The quantitative estimate of drug-likeness (QED) is 0.663. The van der Waals surface area contributed by atoms with Crippen LogP contribution in [0.5, 0.6) is 0 Å². The van der Waals surface area contributed by atoms with Crippen LogP contribution in [0, 0.1) is 0 Å². The van der Waals surface area contributed by atoms with Crippen LogP contribution in [0.4, 0.5) is 0 Å². The Morgan fingerprint density at radius 2 is 2.14 bits per heavy atom. The van der Waals surface area contributed by atoms with Crippen molar-refractivity contribution in [3.05, 3.63) is 0 Å². The van der Waals surface area contributed by atoms with Gasteiger partial charge in [-0.25, -0.2) is 0 Å². The average Bonchev–Trinajstić information content (AvgIpc) is 2.22. The fourth-order valence-electron chi connectivity index (χ4n) is 1.58. The van der Waals surface area contributed by atoms with Gasteiger partial charge in [-0.15, -0.1) is 0 Å². The van der Waals surface area contributed by atoms with Crippen LogP contribution in [0.15, 0.2) is 0 Å². The molecular weight excluding hydrogens is 196 g/mol. The standard InChI is InChI=1S/C10H24N2OS/c1-5-10(8-11,9-13-3)12(2)6-7-14-4/h5-9,11H2,1-4H3.